The van der Waals surface area contributed by atoms with E-state index in [4.69, 9.17) is 15.0 Å². The van der Waals surface area contributed by atoms with Crippen LogP contribution in [-0.4, -0.2) is 27.6 Å². The number of aryl methyl sites for hydroxylation is 3. The van der Waals surface area contributed by atoms with Crippen LogP contribution in [0.4, 0.5) is 0 Å². The van der Waals surface area contributed by atoms with Gasteiger partial charge < -0.3 is 15.0 Å². The molecule has 0 bridgehead atoms. The molecule has 7 nitrogen and oxygen atoms in total. The summed E-state index contributed by atoms with van der Waals surface area (Å²) in [6, 6.07) is 5.84. The second kappa shape index (κ2) is 9.07. The summed E-state index contributed by atoms with van der Waals surface area (Å²) in [5.74, 6) is 1.59. The Morgan fingerprint density at radius 2 is 1.93 bits per heavy atom. The first kappa shape index (κ1) is 21.5. The lowest BCUT2D eigenvalue weighted by Gasteiger charge is -2.13. The number of nitrogens with two attached hydrogens (primary N) is 1. The predicted octanol–water partition coefficient (Wildman–Crippen LogP) is 4.04. The molecule has 30 heavy (non-hydrogen) atoms. The highest BCUT2D eigenvalue weighted by Crippen LogP contribution is 2.31. The van der Waals surface area contributed by atoms with Crippen molar-refractivity contribution in [3.05, 3.63) is 46.6 Å². The minimum absolute atomic E-state index is 0.155. The molecule has 0 aliphatic carbocycles. The van der Waals surface area contributed by atoms with Crippen molar-refractivity contribution >= 4 is 5.91 Å². The number of hydrogen-bond donors (Lipinski definition) is 1. The molecule has 2 heterocycles. The lowest BCUT2D eigenvalue weighted by atomic mass is 10.0. The zero-order chi connectivity index (χ0) is 21.8. The van der Waals surface area contributed by atoms with E-state index >= 15 is 0 Å². The summed E-state index contributed by atoms with van der Waals surface area (Å²) in [7, 11) is 0. The number of hydrogen-bond acceptors (Lipinski definition) is 6. The summed E-state index contributed by atoms with van der Waals surface area (Å²) in [4.78, 5) is 20.1. The highest BCUT2D eigenvalue weighted by molar-refractivity contribution is 5.75. The first-order chi connectivity index (χ1) is 14.3. The number of carbonyl (C=O) groups is 1. The Kier molecular flexibility index (Phi) is 6.50. The number of benzene rings is 1. The Morgan fingerprint density at radius 1 is 1.17 bits per heavy atom. The molecule has 0 atom stereocenters. The molecule has 0 aliphatic rings. The van der Waals surface area contributed by atoms with Gasteiger partial charge >= 0.3 is 0 Å². The van der Waals surface area contributed by atoms with Crippen LogP contribution in [0, 0.1) is 19.8 Å². The minimum Gasteiger partial charge on any atom is -0.483 e. The third kappa shape index (κ3) is 4.84. The van der Waals surface area contributed by atoms with Crippen LogP contribution in [0.25, 0.3) is 23.0 Å². The molecule has 0 saturated heterocycles. The van der Waals surface area contributed by atoms with E-state index in [1.807, 2.05) is 38.2 Å². The smallest absolute Gasteiger partial charge is 0.276 e. The highest BCUT2D eigenvalue weighted by Gasteiger charge is 2.17. The molecule has 158 valence electrons. The van der Waals surface area contributed by atoms with Gasteiger partial charge in [0.1, 0.15) is 11.4 Å². The molecular weight excluding hydrogens is 380 g/mol. The molecule has 0 aliphatic heterocycles. The monoisotopic (exact) mass is 408 g/mol. The van der Waals surface area contributed by atoms with Crippen molar-refractivity contribution in [2.45, 2.75) is 47.5 Å². The van der Waals surface area contributed by atoms with E-state index in [-0.39, 0.29) is 6.61 Å². The first-order valence-electron chi connectivity index (χ1n) is 10.1. The van der Waals surface area contributed by atoms with Gasteiger partial charge in [-0.15, -0.1) is 0 Å². The molecule has 2 aromatic heterocycles. The molecule has 1 amide bonds. The van der Waals surface area contributed by atoms with Gasteiger partial charge in [0.2, 0.25) is 5.82 Å². The molecule has 0 fully saturated rings. The normalized spacial score (nSPS) is 11.1. The number of pyridine rings is 1. The van der Waals surface area contributed by atoms with Gasteiger partial charge in [-0.05, 0) is 73.1 Å². The Balaban J connectivity index is 1.90. The standard InChI is InChI=1S/C23H28N4O3/c1-6-16-10-17(8-15(5)21(16)29-12-20(24)28)22-26-23(30-27-22)19-9-14(4)18(11-25-19)7-13(2)3/h8-11,13H,6-7,12H2,1-5H3,(H2,24,28). The second-order valence-corrected chi connectivity index (χ2v) is 7.91. The molecule has 1 aromatic carbocycles. The predicted molar refractivity (Wildman–Crippen MR) is 115 cm³/mol. The van der Waals surface area contributed by atoms with Crippen molar-refractivity contribution < 1.29 is 14.1 Å². The van der Waals surface area contributed by atoms with Crippen LogP contribution in [0.2, 0.25) is 0 Å². The Morgan fingerprint density at radius 3 is 2.57 bits per heavy atom. The Labute approximate surface area is 176 Å². The summed E-state index contributed by atoms with van der Waals surface area (Å²) in [5, 5.41) is 4.14. The van der Waals surface area contributed by atoms with Crippen molar-refractivity contribution in [1.82, 2.24) is 15.1 Å². The van der Waals surface area contributed by atoms with Gasteiger partial charge in [-0.25, -0.2) is 0 Å². The summed E-state index contributed by atoms with van der Waals surface area (Å²) in [6.07, 6.45) is 3.60. The van der Waals surface area contributed by atoms with Crippen molar-refractivity contribution in [3.63, 3.8) is 0 Å². The van der Waals surface area contributed by atoms with E-state index in [1.54, 1.807) is 0 Å². The lowest BCUT2D eigenvalue weighted by molar-refractivity contribution is -0.119. The number of amides is 1. The average molecular weight is 409 g/mol. The van der Waals surface area contributed by atoms with Crippen LogP contribution in [0.5, 0.6) is 5.75 Å². The summed E-state index contributed by atoms with van der Waals surface area (Å²) in [5.41, 5.74) is 10.9. The summed E-state index contributed by atoms with van der Waals surface area (Å²) in [6.45, 7) is 10.2. The Hall–Kier alpha value is -3.22. The summed E-state index contributed by atoms with van der Waals surface area (Å²) < 4.78 is 11.1. The van der Waals surface area contributed by atoms with Crippen molar-refractivity contribution in [1.29, 1.82) is 0 Å². The number of primary amides is 1. The molecule has 0 spiro atoms. The van der Waals surface area contributed by atoms with Crippen LogP contribution in [-0.2, 0) is 17.6 Å². The fourth-order valence-corrected chi connectivity index (χ4v) is 3.39. The second-order valence-electron chi connectivity index (χ2n) is 7.91. The number of rotatable bonds is 8. The third-order valence-corrected chi connectivity index (χ3v) is 4.84. The number of ether oxygens (including phenoxy) is 1. The number of carbonyl (C=O) groups excluding carboxylic acids is 1. The van der Waals surface area contributed by atoms with Crippen LogP contribution >= 0.6 is 0 Å². The topological polar surface area (TPSA) is 104 Å². The quantitative estimate of drug-likeness (QED) is 0.603. The zero-order valence-corrected chi connectivity index (χ0v) is 18.2. The molecular formula is C23H28N4O3. The van der Waals surface area contributed by atoms with E-state index in [2.05, 4.69) is 35.9 Å². The van der Waals surface area contributed by atoms with Gasteiger partial charge in [0.15, 0.2) is 6.61 Å². The van der Waals surface area contributed by atoms with E-state index in [1.165, 1.54) is 5.56 Å². The highest BCUT2D eigenvalue weighted by atomic mass is 16.5. The zero-order valence-electron chi connectivity index (χ0n) is 18.2. The lowest BCUT2D eigenvalue weighted by Crippen LogP contribution is -2.20. The molecule has 2 N–H and O–H groups in total. The molecule has 0 saturated carbocycles. The largest absolute Gasteiger partial charge is 0.483 e. The van der Waals surface area contributed by atoms with Crippen LogP contribution in [0.1, 0.15) is 43.0 Å². The van der Waals surface area contributed by atoms with Crippen molar-refractivity contribution in [2.24, 2.45) is 11.7 Å². The number of aromatic nitrogens is 3. The molecule has 3 rings (SSSR count). The van der Waals surface area contributed by atoms with Crippen LogP contribution in [0.15, 0.2) is 28.9 Å². The van der Waals surface area contributed by atoms with Crippen molar-refractivity contribution in [3.8, 4) is 28.7 Å². The van der Waals surface area contributed by atoms with Crippen molar-refractivity contribution in [2.75, 3.05) is 6.61 Å². The molecule has 3 aromatic rings. The molecule has 0 radical (unpaired) electrons. The SMILES string of the molecule is CCc1cc(-c2noc(-c3cc(C)c(CC(C)C)cn3)n2)cc(C)c1OCC(N)=O. The van der Waals surface area contributed by atoms with E-state index in [9.17, 15) is 4.79 Å². The first-order valence-corrected chi connectivity index (χ1v) is 10.1. The van der Waals surface area contributed by atoms with Gasteiger partial charge in [-0.3, -0.25) is 9.78 Å². The fraction of sp³-hybridized carbons (Fsp3) is 0.391. The van der Waals surface area contributed by atoms with E-state index < -0.39 is 5.91 Å². The fourth-order valence-electron chi connectivity index (χ4n) is 3.39. The van der Waals surface area contributed by atoms with Gasteiger partial charge in [0, 0.05) is 11.8 Å². The van der Waals surface area contributed by atoms with Gasteiger partial charge in [-0.1, -0.05) is 25.9 Å². The van der Waals surface area contributed by atoms with Gasteiger partial charge in [0.25, 0.3) is 11.8 Å². The minimum atomic E-state index is -0.509. The third-order valence-electron chi connectivity index (χ3n) is 4.84. The molecule has 0 unspecified atom stereocenters. The van der Waals surface area contributed by atoms with Gasteiger partial charge in [0.05, 0.1) is 0 Å². The van der Waals surface area contributed by atoms with E-state index in [0.29, 0.717) is 29.1 Å². The maximum absolute atomic E-state index is 11.1. The van der Waals surface area contributed by atoms with E-state index in [0.717, 1.165) is 35.1 Å². The Bertz CT molecular complexity index is 1060. The maximum Gasteiger partial charge on any atom is 0.276 e. The average Bonchev–Trinajstić information content (AvgIpc) is 3.17. The molecule has 7 heteroatoms. The number of nitrogens with zero attached hydrogens (tertiary/aromatic N) is 3. The maximum atomic E-state index is 11.1. The van der Waals surface area contributed by atoms with Crippen LogP contribution < -0.4 is 10.5 Å². The van der Waals surface area contributed by atoms with Crippen LogP contribution in [0.3, 0.4) is 0 Å². The van der Waals surface area contributed by atoms with Gasteiger partial charge in [-0.2, -0.15) is 4.98 Å². The summed E-state index contributed by atoms with van der Waals surface area (Å²) >= 11 is 0.